The molecule has 106 valence electrons. The van der Waals surface area contributed by atoms with E-state index < -0.39 is 15.0 Å². The summed E-state index contributed by atoms with van der Waals surface area (Å²) < 4.78 is 32.7. The molecule has 2 rings (SSSR count). The number of aromatic nitrogens is 3. The molecule has 0 bridgehead atoms. The molecular weight excluding hydrogens is 352 g/mol. The Hall–Kier alpha value is -0.680. The molecular formula is C9H6Cl2N5NaO3S. The summed E-state index contributed by atoms with van der Waals surface area (Å²) >= 11 is 11.2. The molecule has 1 aromatic heterocycles. The monoisotopic (exact) mass is 357 g/mol. The van der Waals surface area contributed by atoms with Crippen LogP contribution in [0.4, 0.5) is 17.3 Å². The van der Waals surface area contributed by atoms with Crippen molar-refractivity contribution < 1.29 is 42.5 Å². The average Bonchev–Trinajstić information content (AvgIpc) is 2.25. The van der Waals surface area contributed by atoms with Crippen molar-refractivity contribution in [2.45, 2.75) is 4.90 Å². The predicted octanol–water partition coefficient (Wildman–Crippen LogP) is -1.59. The van der Waals surface area contributed by atoms with Gasteiger partial charge in [0.2, 0.25) is 16.5 Å². The Morgan fingerprint density at radius 3 is 2.19 bits per heavy atom. The summed E-state index contributed by atoms with van der Waals surface area (Å²) in [6.45, 7) is 0. The maximum absolute atomic E-state index is 10.9. The molecule has 0 amide bonds. The second-order valence-electron chi connectivity index (χ2n) is 3.53. The van der Waals surface area contributed by atoms with Crippen molar-refractivity contribution in [3.8, 4) is 0 Å². The van der Waals surface area contributed by atoms with Crippen molar-refractivity contribution >= 4 is 50.6 Å². The quantitative estimate of drug-likeness (QED) is 0.381. The van der Waals surface area contributed by atoms with Crippen LogP contribution in [0.3, 0.4) is 0 Å². The molecule has 0 spiro atoms. The first kappa shape index (κ1) is 18.4. The average molecular weight is 358 g/mol. The number of hydrogen-bond donors (Lipinski definition) is 2. The van der Waals surface area contributed by atoms with E-state index >= 15 is 0 Å². The number of nitrogen functional groups attached to an aromatic ring is 1. The molecule has 0 aliphatic rings. The third kappa shape index (κ3) is 4.92. The van der Waals surface area contributed by atoms with Gasteiger partial charge in [-0.3, -0.25) is 0 Å². The van der Waals surface area contributed by atoms with Gasteiger partial charge in [0.05, 0.1) is 10.6 Å². The van der Waals surface area contributed by atoms with Crippen molar-refractivity contribution in [3.63, 3.8) is 0 Å². The van der Waals surface area contributed by atoms with E-state index in [9.17, 15) is 13.0 Å². The topological polar surface area (TPSA) is 134 Å². The van der Waals surface area contributed by atoms with Crippen molar-refractivity contribution in [1.82, 2.24) is 15.0 Å². The second-order valence-corrected chi connectivity index (χ2v) is 5.55. The van der Waals surface area contributed by atoms with E-state index in [2.05, 4.69) is 20.3 Å². The number of rotatable bonds is 3. The number of nitrogens with one attached hydrogen (secondary N) is 1. The van der Waals surface area contributed by atoms with Crippen LogP contribution in [0.25, 0.3) is 0 Å². The van der Waals surface area contributed by atoms with Crippen LogP contribution in [0.15, 0.2) is 23.1 Å². The van der Waals surface area contributed by atoms with E-state index in [1.54, 1.807) is 0 Å². The molecule has 2 aromatic rings. The van der Waals surface area contributed by atoms with Crippen molar-refractivity contribution in [2.24, 2.45) is 0 Å². The Labute approximate surface area is 152 Å². The van der Waals surface area contributed by atoms with Crippen LogP contribution in [0.1, 0.15) is 0 Å². The normalized spacial score (nSPS) is 10.8. The van der Waals surface area contributed by atoms with E-state index in [1.807, 2.05) is 0 Å². The minimum Gasteiger partial charge on any atom is -0.744 e. The van der Waals surface area contributed by atoms with Crippen LogP contribution in [0.5, 0.6) is 0 Å². The maximum atomic E-state index is 10.9. The van der Waals surface area contributed by atoms with Crippen LogP contribution in [0.2, 0.25) is 10.6 Å². The van der Waals surface area contributed by atoms with Gasteiger partial charge in [-0.25, -0.2) is 8.42 Å². The third-order valence-corrected chi connectivity index (χ3v) is 3.36. The molecule has 0 unspecified atom stereocenters. The molecule has 8 nitrogen and oxygen atoms in total. The van der Waals surface area contributed by atoms with Gasteiger partial charge in [-0.2, -0.15) is 15.0 Å². The number of nitrogens with two attached hydrogens (primary N) is 1. The number of benzene rings is 1. The standard InChI is InChI=1S/C9H7Cl2N5O3S.Na/c10-7-14-8(11)16-9(15-7)13-4-1-2-6(5(12)3-4)20(17,18)19;/h1-3H,12H2,(H,17,18,19)(H,13,14,15,16);/q;+1/p-1. The molecule has 0 aliphatic heterocycles. The van der Waals surface area contributed by atoms with Gasteiger partial charge in [-0.1, -0.05) is 0 Å². The van der Waals surface area contributed by atoms with E-state index in [0.717, 1.165) is 6.07 Å². The Balaban J connectivity index is 0.00000220. The van der Waals surface area contributed by atoms with Crippen molar-refractivity contribution in [1.29, 1.82) is 0 Å². The third-order valence-electron chi connectivity index (χ3n) is 2.12. The molecule has 0 fully saturated rings. The SMILES string of the molecule is Nc1cc(Nc2nc(Cl)nc(Cl)n2)ccc1S(=O)(=O)[O-].[Na+]. The molecule has 0 saturated heterocycles. The first-order valence-electron chi connectivity index (χ1n) is 4.95. The summed E-state index contributed by atoms with van der Waals surface area (Å²) in [4.78, 5) is 10.6. The molecule has 3 N–H and O–H groups in total. The zero-order valence-electron chi connectivity index (χ0n) is 10.5. The van der Waals surface area contributed by atoms with Gasteiger partial charge in [-0.05, 0) is 41.4 Å². The van der Waals surface area contributed by atoms with E-state index in [4.69, 9.17) is 28.9 Å². The molecule has 0 atom stereocenters. The van der Waals surface area contributed by atoms with Gasteiger partial charge in [0.15, 0.2) is 0 Å². The minimum atomic E-state index is -4.62. The summed E-state index contributed by atoms with van der Waals surface area (Å²) in [5, 5.41) is 2.47. The smallest absolute Gasteiger partial charge is 0.744 e. The zero-order valence-corrected chi connectivity index (χ0v) is 14.9. The first-order chi connectivity index (χ1) is 9.25. The molecule has 0 saturated carbocycles. The van der Waals surface area contributed by atoms with Crippen LogP contribution < -0.4 is 40.6 Å². The van der Waals surface area contributed by atoms with Crippen LogP contribution in [-0.4, -0.2) is 27.9 Å². The van der Waals surface area contributed by atoms with E-state index in [1.165, 1.54) is 12.1 Å². The zero-order chi connectivity index (χ0) is 14.9. The number of hydrogen-bond acceptors (Lipinski definition) is 8. The second kappa shape index (κ2) is 7.05. The van der Waals surface area contributed by atoms with E-state index in [0.29, 0.717) is 5.69 Å². The summed E-state index contributed by atoms with van der Waals surface area (Å²) in [5.74, 6) is 0.0483. The Kier molecular flexibility index (Phi) is 6.17. The van der Waals surface area contributed by atoms with Gasteiger partial charge in [0.1, 0.15) is 10.1 Å². The van der Waals surface area contributed by atoms with Crippen molar-refractivity contribution in [2.75, 3.05) is 11.1 Å². The Bertz CT molecular complexity index is 754. The summed E-state index contributed by atoms with van der Waals surface area (Å²) in [6.07, 6.45) is 0. The number of halogens is 2. The van der Waals surface area contributed by atoms with Crippen molar-refractivity contribution in [3.05, 3.63) is 28.8 Å². The minimum absolute atomic E-state index is 0. The van der Waals surface area contributed by atoms with Crippen LogP contribution in [-0.2, 0) is 10.1 Å². The van der Waals surface area contributed by atoms with Crippen LogP contribution in [0, 0.1) is 0 Å². The molecule has 1 heterocycles. The van der Waals surface area contributed by atoms with Gasteiger partial charge < -0.3 is 15.6 Å². The fourth-order valence-electron chi connectivity index (χ4n) is 1.36. The van der Waals surface area contributed by atoms with Gasteiger partial charge in [0, 0.05) is 5.69 Å². The molecule has 0 aliphatic carbocycles. The first-order valence-corrected chi connectivity index (χ1v) is 7.11. The molecule has 1 aromatic carbocycles. The molecule has 21 heavy (non-hydrogen) atoms. The Morgan fingerprint density at radius 2 is 1.71 bits per heavy atom. The number of nitrogens with zero attached hydrogens (tertiary/aromatic N) is 3. The largest absolute Gasteiger partial charge is 1.00 e. The maximum Gasteiger partial charge on any atom is 1.00 e. The van der Waals surface area contributed by atoms with Gasteiger partial charge in [-0.15, -0.1) is 0 Å². The van der Waals surface area contributed by atoms with Gasteiger partial charge in [0.25, 0.3) is 0 Å². The molecule has 0 radical (unpaired) electrons. The van der Waals surface area contributed by atoms with Gasteiger partial charge >= 0.3 is 29.6 Å². The Morgan fingerprint density at radius 1 is 1.14 bits per heavy atom. The molecule has 12 heteroatoms. The summed E-state index contributed by atoms with van der Waals surface area (Å²) in [7, 11) is -4.62. The fourth-order valence-corrected chi connectivity index (χ4v) is 2.31. The van der Waals surface area contributed by atoms with Crippen LogP contribution >= 0.6 is 23.2 Å². The number of anilines is 3. The van der Waals surface area contributed by atoms with E-state index in [-0.39, 0.29) is 51.8 Å². The summed E-state index contributed by atoms with van der Waals surface area (Å²) in [5.41, 5.74) is 5.65. The summed E-state index contributed by atoms with van der Waals surface area (Å²) in [6, 6.07) is 3.65. The predicted molar refractivity (Wildman–Crippen MR) is 71.9 cm³/mol. The fraction of sp³-hybridized carbons (Fsp3) is 0.